The summed E-state index contributed by atoms with van der Waals surface area (Å²) < 4.78 is 14.2. The Hall–Kier alpha value is 0.207. The first-order chi connectivity index (χ1) is 5.71. The lowest BCUT2D eigenvalue weighted by molar-refractivity contribution is 0.192. The zero-order valence-electron chi connectivity index (χ0n) is 6.83. The van der Waals surface area contributed by atoms with Crippen molar-refractivity contribution in [2.45, 2.75) is 18.9 Å². The average molecular weight is 232 g/mol. The molecule has 0 saturated carbocycles. The molecule has 0 aliphatic rings. The molecule has 0 aromatic heterocycles. The third kappa shape index (κ3) is 12.2. The van der Waals surface area contributed by atoms with E-state index in [1.54, 1.807) is 0 Å². The maximum atomic E-state index is 10.1. The summed E-state index contributed by atoms with van der Waals surface area (Å²) in [6, 6.07) is -0.155. The van der Waals surface area contributed by atoms with Gasteiger partial charge < -0.3 is 24.2 Å². The van der Waals surface area contributed by atoms with E-state index in [9.17, 15) is 4.57 Å². The van der Waals surface area contributed by atoms with E-state index in [-0.39, 0.29) is 25.5 Å². The Morgan fingerprint density at radius 1 is 1.15 bits per heavy atom. The van der Waals surface area contributed by atoms with Crippen LogP contribution >= 0.6 is 7.82 Å². The number of rotatable bonds is 6. The van der Waals surface area contributed by atoms with Crippen molar-refractivity contribution in [2.24, 2.45) is 0 Å². The Labute approximate surface area is 76.2 Å². The maximum absolute atomic E-state index is 10.1. The highest BCUT2D eigenvalue weighted by Crippen LogP contribution is 2.35. The SMILES string of the molecule is O=P(O)(O)OCCCC[Si](O)(O)O. The van der Waals surface area contributed by atoms with Crippen LogP contribution in [0.2, 0.25) is 6.04 Å². The molecular formula is C4H13O7PSi. The van der Waals surface area contributed by atoms with E-state index >= 15 is 0 Å². The van der Waals surface area contributed by atoms with Gasteiger partial charge in [0.05, 0.1) is 6.61 Å². The third-order valence-electron chi connectivity index (χ3n) is 1.17. The summed E-state index contributed by atoms with van der Waals surface area (Å²) in [7, 11) is -8.43. The summed E-state index contributed by atoms with van der Waals surface area (Å²) in [5.41, 5.74) is 0. The predicted molar refractivity (Wildman–Crippen MR) is 44.4 cm³/mol. The van der Waals surface area contributed by atoms with Gasteiger partial charge in [-0.2, -0.15) is 0 Å². The van der Waals surface area contributed by atoms with Crippen molar-refractivity contribution in [1.29, 1.82) is 0 Å². The van der Waals surface area contributed by atoms with Crippen LogP contribution in [0.1, 0.15) is 12.8 Å². The maximum Gasteiger partial charge on any atom is 0.492 e. The van der Waals surface area contributed by atoms with Crippen LogP contribution in [0.15, 0.2) is 0 Å². The van der Waals surface area contributed by atoms with Crippen molar-refractivity contribution in [3.63, 3.8) is 0 Å². The van der Waals surface area contributed by atoms with Gasteiger partial charge in [0.15, 0.2) is 0 Å². The molecule has 0 aliphatic heterocycles. The molecule has 0 rings (SSSR count). The summed E-state index contributed by atoms with van der Waals surface area (Å²) in [6.45, 7) is -0.172. The van der Waals surface area contributed by atoms with E-state index in [1.165, 1.54) is 0 Å². The molecule has 13 heavy (non-hydrogen) atoms. The van der Waals surface area contributed by atoms with Gasteiger partial charge in [-0.25, -0.2) is 4.57 Å². The van der Waals surface area contributed by atoms with E-state index in [0.717, 1.165) is 0 Å². The van der Waals surface area contributed by atoms with Crippen LogP contribution in [-0.4, -0.2) is 39.6 Å². The van der Waals surface area contributed by atoms with Crippen molar-refractivity contribution in [3.8, 4) is 0 Å². The fraction of sp³-hybridized carbons (Fsp3) is 1.00. The van der Waals surface area contributed by atoms with Gasteiger partial charge in [-0.1, -0.05) is 0 Å². The van der Waals surface area contributed by atoms with Gasteiger partial charge in [-0.05, 0) is 12.8 Å². The van der Waals surface area contributed by atoms with Crippen LogP contribution in [0.5, 0.6) is 0 Å². The molecule has 0 heterocycles. The summed E-state index contributed by atoms with van der Waals surface area (Å²) in [5.74, 6) is 0. The lowest BCUT2D eigenvalue weighted by Gasteiger charge is -2.08. The monoisotopic (exact) mass is 232 g/mol. The first kappa shape index (κ1) is 13.2. The van der Waals surface area contributed by atoms with E-state index in [2.05, 4.69) is 4.52 Å². The largest absolute Gasteiger partial charge is 0.492 e. The van der Waals surface area contributed by atoms with E-state index in [0.29, 0.717) is 0 Å². The summed E-state index contributed by atoms with van der Waals surface area (Å²) in [5, 5.41) is 0. The molecule has 0 unspecified atom stereocenters. The smallest absolute Gasteiger partial charge is 0.390 e. The lowest BCUT2D eigenvalue weighted by atomic mass is 10.4. The van der Waals surface area contributed by atoms with Crippen molar-refractivity contribution in [3.05, 3.63) is 0 Å². The Morgan fingerprint density at radius 2 is 1.69 bits per heavy atom. The van der Waals surface area contributed by atoms with E-state index in [4.69, 9.17) is 24.2 Å². The normalized spacial score (nSPS) is 13.3. The highest BCUT2D eigenvalue weighted by atomic mass is 31.2. The number of phosphoric ester groups is 1. The molecule has 7 nitrogen and oxygen atoms in total. The number of unbranched alkanes of at least 4 members (excludes halogenated alkanes) is 1. The molecule has 80 valence electrons. The minimum Gasteiger partial charge on any atom is -0.390 e. The molecule has 0 aromatic rings. The Bertz CT molecular complexity index is 183. The fourth-order valence-corrected chi connectivity index (χ4v) is 1.74. The summed E-state index contributed by atoms with van der Waals surface area (Å²) in [6.07, 6.45) is 0.497. The van der Waals surface area contributed by atoms with Crippen molar-refractivity contribution < 1.29 is 33.3 Å². The van der Waals surface area contributed by atoms with Crippen LogP contribution in [0, 0.1) is 0 Å². The van der Waals surface area contributed by atoms with Gasteiger partial charge in [0.1, 0.15) is 0 Å². The number of hydrogen-bond acceptors (Lipinski definition) is 5. The molecule has 0 spiro atoms. The van der Waals surface area contributed by atoms with Crippen LogP contribution in [0.3, 0.4) is 0 Å². The second kappa shape index (κ2) is 5.18. The van der Waals surface area contributed by atoms with Crippen LogP contribution in [-0.2, 0) is 9.09 Å². The standard InChI is InChI=1S/C4H13O7PSi/c5-12(6,7)11-3-1-2-4-13(8,9)10/h8-10H,1-4H2,(H2,5,6,7). The van der Waals surface area contributed by atoms with Gasteiger partial charge >= 0.3 is 16.6 Å². The molecule has 0 amide bonds. The molecule has 0 bridgehead atoms. The minimum absolute atomic E-state index is 0.155. The predicted octanol–water partition coefficient (Wildman–Crippen LogP) is -1.21. The van der Waals surface area contributed by atoms with Crippen LogP contribution in [0.4, 0.5) is 0 Å². The summed E-state index contributed by atoms with van der Waals surface area (Å²) >= 11 is 0. The molecular weight excluding hydrogens is 219 g/mol. The molecule has 9 heteroatoms. The topological polar surface area (TPSA) is 127 Å². The molecule has 0 aromatic carbocycles. The average Bonchev–Trinajstić information content (AvgIpc) is 1.81. The number of hydrogen-bond donors (Lipinski definition) is 5. The Balaban J connectivity index is 3.33. The number of phosphoric acid groups is 1. The molecule has 0 aliphatic carbocycles. The van der Waals surface area contributed by atoms with Crippen molar-refractivity contribution in [2.75, 3.05) is 6.61 Å². The first-order valence-corrected chi connectivity index (χ1v) is 7.16. The Kier molecular flexibility index (Phi) is 5.26. The second-order valence-electron chi connectivity index (χ2n) is 2.56. The van der Waals surface area contributed by atoms with Crippen molar-refractivity contribution >= 4 is 16.6 Å². The molecule has 0 fully saturated rings. The van der Waals surface area contributed by atoms with E-state index < -0.39 is 16.6 Å². The van der Waals surface area contributed by atoms with Crippen LogP contribution in [0.25, 0.3) is 0 Å². The fourth-order valence-electron chi connectivity index (χ4n) is 0.648. The zero-order valence-corrected chi connectivity index (χ0v) is 8.72. The Morgan fingerprint density at radius 3 is 2.08 bits per heavy atom. The van der Waals surface area contributed by atoms with Gasteiger partial charge in [0.2, 0.25) is 0 Å². The molecule has 0 radical (unpaired) electrons. The minimum atomic E-state index is -4.42. The highest BCUT2D eigenvalue weighted by molar-refractivity contribution is 7.46. The van der Waals surface area contributed by atoms with Crippen LogP contribution < -0.4 is 0 Å². The quantitative estimate of drug-likeness (QED) is 0.221. The first-order valence-electron chi connectivity index (χ1n) is 3.58. The van der Waals surface area contributed by atoms with Gasteiger partial charge in [0, 0.05) is 6.04 Å². The molecule has 0 atom stereocenters. The third-order valence-corrected chi connectivity index (χ3v) is 2.71. The molecule has 5 N–H and O–H groups in total. The van der Waals surface area contributed by atoms with E-state index in [1.807, 2.05) is 0 Å². The zero-order chi connectivity index (χ0) is 10.5. The lowest BCUT2D eigenvalue weighted by Crippen LogP contribution is -2.34. The molecule has 0 saturated heterocycles. The van der Waals surface area contributed by atoms with Gasteiger partial charge in [-0.3, -0.25) is 4.52 Å². The van der Waals surface area contributed by atoms with Crippen molar-refractivity contribution in [1.82, 2.24) is 0 Å². The highest BCUT2D eigenvalue weighted by Gasteiger charge is 2.25. The summed E-state index contributed by atoms with van der Waals surface area (Å²) in [4.78, 5) is 42.0. The van der Waals surface area contributed by atoms with Gasteiger partial charge in [0.25, 0.3) is 0 Å². The van der Waals surface area contributed by atoms with Gasteiger partial charge in [-0.15, -0.1) is 0 Å². The second-order valence-corrected chi connectivity index (χ2v) is 5.84.